The average molecular weight is 407 g/mol. The smallest absolute Gasteiger partial charge is 0.268 e. The van der Waals surface area contributed by atoms with Crippen LogP contribution in [0, 0.1) is 0 Å². The van der Waals surface area contributed by atoms with Crippen molar-refractivity contribution in [2.75, 3.05) is 25.7 Å². The molecule has 154 valence electrons. The number of likely N-dealkylation sites (N-methyl/N-ethyl adjacent to an activating group) is 1. The first kappa shape index (κ1) is 19.7. The van der Waals surface area contributed by atoms with Crippen molar-refractivity contribution in [1.29, 1.82) is 0 Å². The largest absolute Gasteiger partial charge is 0.497 e. The molecule has 1 aromatic heterocycles. The lowest BCUT2D eigenvalue weighted by molar-refractivity contribution is -0.130. The molecule has 1 aliphatic rings. The third-order valence-electron chi connectivity index (χ3n) is 5.22. The maximum absolute atomic E-state index is 13.1. The summed E-state index contributed by atoms with van der Waals surface area (Å²) in [7, 11) is 3.10. The molecule has 0 bridgehead atoms. The molecule has 0 saturated heterocycles. The van der Waals surface area contributed by atoms with Crippen molar-refractivity contribution in [3.05, 3.63) is 60.5 Å². The fourth-order valence-corrected chi connectivity index (χ4v) is 3.55. The van der Waals surface area contributed by atoms with Gasteiger partial charge in [0.25, 0.3) is 11.8 Å². The van der Waals surface area contributed by atoms with Crippen LogP contribution in [0.3, 0.4) is 0 Å². The molecule has 8 heteroatoms. The highest BCUT2D eigenvalue weighted by Gasteiger charge is 2.53. The van der Waals surface area contributed by atoms with E-state index in [4.69, 9.17) is 14.0 Å². The molecule has 2 aromatic carbocycles. The van der Waals surface area contributed by atoms with E-state index in [0.717, 1.165) is 0 Å². The summed E-state index contributed by atoms with van der Waals surface area (Å²) in [4.78, 5) is 19.0. The summed E-state index contributed by atoms with van der Waals surface area (Å²) in [5.74, 6) is 0.963. The summed E-state index contributed by atoms with van der Waals surface area (Å²) in [6.45, 7) is 6.14. The van der Waals surface area contributed by atoms with E-state index in [1.54, 1.807) is 49.6 Å². The number of hydrogen-bond donors (Lipinski definition) is 1. The predicted octanol–water partition coefficient (Wildman–Crippen LogP) is 3.02. The second-order valence-electron chi connectivity index (χ2n) is 6.77. The Morgan fingerprint density at radius 1 is 1.17 bits per heavy atom. The first-order valence-corrected chi connectivity index (χ1v) is 9.34. The number of carbonyl (C=O) groups excluding carboxylic acids is 1. The Morgan fingerprint density at radius 2 is 1.83 bits per heavy atom. The highest BCUT2D eigenvalue weighted by molar-refractivity contribution is 6.14. The summed E-state index contributed by atoms with van der Waals surface area (Å²) in [6.07, 6.45) is 0. The highest BCUT2D eigenvalue weighted by Crippen LogP contribution is 2.48. The number of fused-ring (bicyclic) bond motifs is 1. The van der Waals surface area contributed by atoms with Crippen molar-refractivity contribution in [3.63, 3.8) is 0 Å². The standard InChI is InChI=1S/C22H21N3O5/c1-5-25-18-11-10-16(29-4)12-17(18)22(27,21(25)26)13(2)20-23-19(24-30-20)14-6-8-15(28-3)9-7-14/h6-12,27H,2,5H2,1,3-4H3. The van der Waals surface area contributed by atoms with Crippen LogP contribution in [-0.4, -0.2) is 41.9 Å². The number of aliphatic hydroxyl groups is 1. The molecular weight excluding hydrogens is 386 g/mol. The maximum atomic E-state index is 13.1. The number of benzene rings is 2. The monoisotopic (exact) mass is 407 g/mol. The van der Waals surface area contributed by atoms with Gasteiger partial charge in [0.2, 0.25) is 11.4 Å². The van der Waals surface area contributed by atoms with E-state index in [9.17, 15) is 9.90 Å². The molecule has 4 rings (SSSR count). The predicted molar refractivity (Wildman–Crippen MR) is 110 cm³/mol. The third kappa shape index (κ3) is 2.84. The second-order valence-corrected chi connectivity index (χ2v) is 6.77. The second kappa shape index (κ2) is 7.31. The number of methoxy groups -OCH3 is 2. The zero-order valence-electron chi connectivity index (χ0n) is 16.9. The van der Waals surface area contributed by atoms with Gasteiger partial charge in [-0.3, -0.25) is 4.79 Å². The summed E-state index contributed by atoms with van der Waals surface area (Å²) < 4.78 is 15.8. The van der Waals surface area contributed by atoms with E-state index < -0.39 is 11.5 Å². The zero-order valence-corrected chi connectivity index (χ0v) is 16.9. The number of ether oxygens (including phenoxy) is 2. The van der Waals surface area contributed by atoms with Gasteiger partial charge in [-0.05, 0) is 49.4 Å². The first-order valence-electron chi connectivity index (χ1n) is 9.34. The fourth-order valence-electron chi connectivity index (χ4n) is 3.55. The van der Waals surface area contributed by atoms with Crippen molar-refractivity contribution >= 4 is 17.2 Å². The first-order chi connectivity index (χ1) is 14.4. The molecule has 3 aromatic rings. The van der Waals surface area contributed by atoms with Gasteiger partial charge in [-0.2, -0.15) is 4.98 Å². The summed E-state index contributed by atoms with van der Waals surface area (Å²) in [5.41, 5.74) is -0.389. The number of carbonyl (C=O) groups is 1. The highest BCUT2D eigenvalue weighted by atomic mass is 16.5. The van der Waals surface area contributed by atoms with Gasteiger partial charge in [-0.25, -0.2) is 0 Å². The Kier molecular flexibility index (Phi) is 4.79. The van der Waals surface area contributed by atoms with Gasteiger partial charge in [-0.15, -0.1) is 0 Å². The van der Waals surface area contributed by atoms with Crippen molar-refractivity contribution in [2.24, 2.45) is 0 Å². The summed E-state index contributed by atoms with van der Waals surface area (Å²) in [5, 5.41) is 15.5. The molecule has 1 amide bonds. The molecule has 30 heavy (non-hydrogen) atoms. The number of anilines is 1. The lowest BCUT2D eigenvalue weighted by Gasteiger charge is -2.23. The van der Waals surface area contributed by atoms with Gasteiger partial charge < -0.3 is 24.0 Å². The minimum atomic E-state index is -2.04. The average Bonchev–Trinajstić information content (AvgIpc) is 3.36. The minimum absolute atomic E-state index is 0.00483. The molecule has 0 aliphatic carbocycles. The SMILES string of the molecule is C=C(c1nc(-c2ccc(OC)cc2)no1)C1(O)C(=O)N(CC)c2ccc(OC)cc21. The Bertz CT molecular complexity index is 1120. The molecule has 0 spiro atoms. The van der Waals surface area contributed by atoms with E-state index in [1.807, 2.05) is 6.92 Å². The van der Waals surface area contributed by atoms with E-state index in [2.05, 4.69) is 16.7 Å². The molecule has 1 atom stereocenters. The number of aromatic nitrogens is 2. The molecule has 0 radical (unpaired) electrons. The van der Waals surface area contributed by atoms with Gasteiger partial charge in [0, 0.05) is 17.7 Å². The zero-order chi connectivity index (χ0) is 21.5. The van der Waals surface area contributed by atoms with E-state index >= 15 is 0 Å². The van der Waals surface area contributed by atoms with Crippen molar-refractivity contribution in [3.8, 4) is 22.9 Å². The van der Waals surface area contributed by atoms with E-state index in [1.165, 1.54) is 12.0 Å². The van der Waals surface area contributed by atoms with Crippen LogP contribution in [0.2, 0.25) is 0 Å². The molecule has 1 unspecified atom stereocenters. The van der Waals surface area contributed by atoms with Gasteiger partial charge in [0.1, 0.15) is 11.5 Å². The Balaban J connectivity index is 1.74. The lowest BCUT2D eigenvalue weighted by atomic mass is 9.87. The van der Waals surface area contributed by atoms with Crippen molar-refractivity contribution in [2.45, 2.75) is 12.5 Å². The van der Waals surface area contributed by atoms with Gasteiger partial charge in [0.15, 0.2) is 0 Å². The summed E-state index contributed by atoms with van der Waals surface area (Å²) >= 11 is 0. The molecule has 0 fully saturated rings. The summed E-state index contributed by atoms with van der Waals surface area (Å²) in [6, 6.07) is 12.2. The molecule has 1 aliphatic heterocycles. The van der Waals surface area contributed by atoms with E-state index in [0.29, 0.717) is 40.7 Å². The number of rotatable bonds is 6. The van der Waals surface area contributed by atoms with Gasteiger partial charge in [0.05, 0.1) is 25.5 Å². The van der Waals surface area contributed by atoms with Crippen molar-refractivity contribution < 1.29 is 23.9 Å². The van der Waals surface area contributed by atoms with E-state index in [-0.39, 0.29) is 11.5 Å². The van der Waals surface area contributed by atoms with Crippen LogP contribution in [0.25, 0.3) is 17.0 Å². The molecule has 8 nitrogen and oxygen atoms in total. The molecule has 0 saturated carbocycles. The van der Waals surface area contributed by atoms with Crippen molar-refractivity contribution in [1.82, 2.24) is 10.1 Å². The number of hydrogen-bond acceptors (Lipinski definition) is 7. The van der Waals surface area contributed by atoms with Gasteiger partial charge >= 0.3 is 0 Å². The number of nitrogens with zero attached hydrogens (tertiary/aromatic N) is 3. The van der Waals surface area contributed by atoms with Crippen LogP contribution in [-0.2, 0) is 10.4 Å². The van der Waals surface area contributed by atoms with Crippen LogP contribution in [0.5, 0.6) is 11.5 Å². The van der Waals surface area contributed by atoms with Crippen LogP contribution < -0.4 is 14.4 Å². The Hall–Kier alpha value is -3.65. The molecule has 2 heterocycles. The third-order valence-corrected chi connectivity index (χ3v) is 5.22. The molecular formula is C22H21N3O5. The topological polar surface area (TPSA) is 97.9 Å². The lowest BCUT2D eigenvalue weighted by Crippen LogP contribution is -2.41. The quantitative estimate of drug-likeness (QED) is 0.671. The van der Waals surface area contributed by atoms with Crippen LogP contribution in [0.4, 0.5) is 5.69 Å². The Labute approximate surface area is 173 Å². The maximum Gasteiger partial charge on any atom is 0.268 e. The fraction of sp³-hybridized carbons (Fsp3) is 0.227. The number of amides is 1. The Morgan fingerprint density at radius 3 is 2.47 bits per heavy atom. The van der Waals surface area contributed by atoms with Crippen LogP contribution in [0.15, 0.2) is 53.6 Å². The minimum Gasteiger partial charge on any atom is -0.497 e. The molecule has 1 N–H and O–H groups in total. The van der Waals surface area contributed by atoms with Crippen LogP contribution >= 0.6 is 0 Å². The van der Waals surface area contributed by atoms with Crippen LogP contribution in [0.1, 0.15) is 18.4 Å². The normalized spacial score (nSPS) is 17.7. The van der Waals surface area contributed by atoms with Gasteiger partial charge in [-0.1, -0.05) is 11.7 Å².